The van der Waals surface area contributed by atoms with Crippen molar-refractivity contribution in [3.63, 3.8) is 0 Å². The van der Waals surface area contributed by atoms with Crippen molar-refractivity contribution in [1.82, 2.24) is 9.03 Å². The summed E-state index contributed by atoms with van der Waals surface area (Å²) in [6.07, 6.45) is 0. The summed E-state index contributed by atoms with van der Waals surface area (Å²) in [7, 11) is -7.44. The smallest absolute Gasteiger partial charge is 0.240 e. The number of halogens is 1. The normalized spacial score (nSPS) is 15.8. The number of piperazine rings is 1. The molecule has 0 bridgehead atoms. The van der Waals surface area contributed by atoms with Crippen molar-refractivity contribution in [2.24, 2.45) is 0 Å². The second-order valence-electron chi connectivity index (χ2n) is 7.59. The minimum absolute atomic E-state index is 0.0986. The Labute approximate surface area is 187 Å². The van der Waals surface area contributed by atoms with Gasteiger partial charge < -0.3 is 4.90 Å². The molecule has 1 aliphatic rings. The van der Waals surface area contributed by atoms with Crippen molar-refractivity contribution in [3.8, 4) is 0 Å². The van der Waals surface area contributed by atoms with Crippen LogP contribution in [-0.4, -0.2) is 59.6 Å². The molecule has 0 amide bonds. The van der Waals surface area contributed by atoms with Crippen LogP contribution in [0.4, 0.5) is 10.1 Å². The summed E-state index contributed by atoms with van der Waals surface area (Å²) in [6.45, 7) is 1.32. The van der Waals surface area contributed by atoms with Crippen LogP contribution in [0.1, 0.15) is 0 Å². The van der Waals surface area contributed by atoms with E-state index < -0.39 is 20.0 Å². The summed E-state index contributed by atoms with van der Waals surface area (Å²) in [5, 5.41) is 1.72. The molecule has 3 aromatic rings. The number of nitrogens with zero attached hydrogens (tertiary/aromatic N) is 2. The zero-order valence-electron chi connectivity index (χ0n) is 17.3. The summed E-state index contributed by atoms with van der Waals surface area (Å²) < 4.78 is 67.5. The standard InChI is InChI=1S/C22H24FN3O4S2/c23-20-6-8-21(9-7-20)25-12-14-26(15-13-25)31(27,28)16-11-24-32(29,30)22-10-5-18-3-1-2-4-19(18)17-22/h1-10,17,24H,11-16H2. The third-order valence-electron chi connectivity index (χ3n) is 5.51. The zero-order valence-corrected chi connectivity index (χ0v) is 18.9. The maximum atomic E-state index is 13.1. The lowest BCUT2D eigenvalue weighted by atomic mass is 10.1. The summed E-state index contributed by atoms with van der Waals surface area (Å²) in [5.41, 5.74) is 0.839. The van der Waals surface area contributed by atoms with E-state index >= 15 is 0 Å². The van der Waals surface area contributed by atoms with E-state index in [1.165, 1.54) is 22.5 Å². The van der Waals surface area contributed by atoms with Crippen molar-refractivity contribution in [2.75, 3.05) is 43.4 Å². The fourth-order valence-electron chi connectivity index (χ4n) is 3.73. The van der Waals surface area contributed by atoms with Gasteiger partial charge >= 0.3 is 0 Å². The van der Waals surface area contributed by atoms with Crippen LogP contribution >= 0.6 is 0 Å². The Hall–Kier alpha value is -2.53. The number of sulfonamides is 2. The van der Waals surface area contributed by atoms with Crippen LogP contribution < -0.4 is 9.62 Å². The van der Waals surface area contributed by atoms with Crippen LogP contribution in [0.15, 0.2) is 71.6 Å². The van der Waals surface area contributed by atoms with E-state index in [9.17, 15) is 21.2 Å². The Morgan fingerprint density at radius 2 is 1.47 bits per heavy atom. The third kappa shape index (κ3) is 5.09. The molecule has 0 radical (unpaired) electrons. The lowest BCUT2D eigenvalue weighted by Gasteiger charge is -2.35. The number of anilines is 1. The van der Waals surface area contributed by atoms with Gasteiger partial charge in [-0.05, 0) is 47.2 Å². The Bertz CT molecular complexity index is 1300. The monoisotopic (exact) mass is 477 g/mol. The van der Waals surface area contributed by atoms with Crippen LogP contribution in [0.25, 0.3) is 10.8 Å². The van der Waals surface area contributed by atoms with Crippen LogP contribution in [0, 0.1) is 5.82 Å². The SMILES string of the molecule is O=S(=O)(NCCS(=O)(=O)N1CCN(c2ccc(F)cc2)CC1)c1ccc2ccccc2c1. The highest BCUT2D eigenvalue weighted by Gasteiger charge is 2.27. The fraction of sp³-hybridized carbons (Fsp3) is 0.273. The Balaban J connectivity index is 1.33. The first kappa shape index (κ1) is 22.7. The van der Waals surface area contributed by atoms with Gasteiger partial charge in [-0.15, -0.1) is 0 Å². The van der Waals surface area contributed by atoms with E-state index in [1.54, 1.807) is 24.3 Å². The maximum absolute atomic E-state index is 13.1. The highest BCUT2D eigenvalue weighted by Crippen LogP contribution is 2.20. The van der Waals surface area contributed by atoms with Gasteiger partial charge in [-0.2, -0.15) is 4.31 Å². The largest absolute Gasteiger partial charge is 0.369 e. The van der Waals surface area contributed by atoms with E-state index in [-0.39, 0.29) is 36.1 Å². The van der Waals surface area contributed by atoms with Crippen LogP contribution in [-0.2, 0) is 20.0 Å². The molecule has 10 heteroatoms. The van der Waals surface area contributed by atoms with Crippen molar-refractivity contribution < 1.29 is 21.2 Å². The van der Waals surface area contributed by atoms with E-state index in [2.05, 4.69) is 4.72 Å². The van der Waals surface area contributed by atoms with Gasteiger partial charge in [0.25, 0.3) is 0 Å². The molecule has 0 unspecified atom stereocenters. The molecule has 7 nitrogen and oxygen atoms in total. The fourth-order valence-corrected chi connectivity index (χ4v) is 6.26. The molecule has 0 aliphatic carbocycles. The van der Waals surface area contributed by atoms with Gasteiger partial charge in [0.1, 0.15) is 5.82 Å². The molecule has 0 spiro atoms. The van der Waals surface area contributed by atoms with Gasteiger partial charge in [0.05, 0.1) is 10.6 Å². The zero-order chi connectivity index (χ0) is 22.8. The molecule has 4 rings (SSSR count). The first-order chi connectivity index (χ1) is 15.2. The van der Waals surface area contributed by atoms with Crippen molar-refractivity contribution in [1.29, 1.82) is 0 Å². The molecule has 1 saturated heterocycles. The van der Waals surface area contributed by atoms with Crippen molar-refractivity contribution >= 4 is 36.5 Å². The quantitative estimate of drug-likeness (QED) is 0.565. The number of nitrogens with one attached hydrogen (secondary N) is 1. The van der Waals surface area contributed by atoms with Crippen molar-refractivity contribution in [3.05, 3.63) is 72.5 Å². The van der Waals surface area contributed by atoms with E-state index in [4.69, 9.17) is 0 Å². The molecule has 170 valence electrons. The molecular weight excluding hydrogens is 453 g/mol. The minimum Gasteiger partial charge on any atom is -0.369 e. The summed E-state index contributed by atoms with van der Waals surface area (Å²) in [5.74, 6) is -0.641. The summed E-state index contributed by atoms with van der Waals surface area (Å²) in [4.78, 5) is 2.09. The molecule has 1 fully saturated rings. The van der Waals surface area contributed by atoms with Gasteiger partial charge in [-0.3, -0.25) is 0 Å². The van der Waals surface area contributed by atoms with Crippen LogP contribution in [0.2, 0.25) is 0 Å². The molecule has 1 aliphatic heterocycles. The molecule has 0 saturated carbocycles. The molecule has 32 heavy (non-hydrogen) atoms. The number of benzene rings is 3. The Morgan fingerprint density at radius 1 is 0.812 bits per heavy atom. The molecule has 0 atom stereocenters. The number of rotatable bonds is 7. The maximum Gasteiger partial charge on any atom is 0.240 e. The van der Waals surface area contributed by atoms with Gasteiger partial charge in [-0.25, -0.2) is 25.9 Å². The van der Waals surface area contributed by atoms with Gasteiger partial charge in [-0.1, -0.05) is 30.3 Å². The molecular formula is C22H24FN3O4S2. The van der Waals surface area contributed by atoms with E-state index in [1.807, 2.05) is 29.2 Å². The average Bonchev–Trinajstić information content (AvgIpc) is 2.79. The Morgan fingerprint density at radius 3 is 2.16 bits per heavy atom. The Kier molecular flexibility index (Phi) is 6.47. The highest BCUT2D eigenvalue weighted by molar-refractivity contribution is 7.90. The van der Waals surface area contributed by atoms with Gasteiger partial charge in [0.2, 0.25) is 20.0 Å². The third-order valence-corrected chi connectivity index (χ3v) is 8.84. The van der Waals surface area contributed by atoms with E-state index in [0.717, 1.165) is 16.5 Å². The minimum atomic E-state index is -3.83. The lowest BCUT2D eigenvalue weighted by molar-refractivity contribution is 0.385. The second kappa shape index (κ2) is 9.14. The van der Waals surface area contributed by atoms with Crippen LogP contribution in [0.3, 0.4) is 0 Å². The first-order valence-corrected chi connectivity index (χ1v) is 13.3. The van der Waals surface area contributed by atoms with Gasteiger partial charge in [0, 0.05) is 38.4 Å². The predicted molar refractivity (Wildman–Crippen MR) is 123 cm³/mol. The number of hydrogen-bond acceptors (Lipinski definition) is 5. The second-order valence-corrected chi connectivity index (χ2v) is 11.4. The highest BCUT2D eigenvalue weighted by atomic mass is 32.2. The molecule has 1 heterocycles. The van der Waals surface area contributed by atoms with Gasteiger partial charge in [0.15, 0.2) is 0 Å². The topological polar surface area (TPSA) is 86.8 Å². The van der Waals surface area contributed by atoms with Crippen LogP contribution in [0.5, 0.6) is 0 Å². The van der Waals surface area contributed by atoms with Crippen molar-refractivity contribution in [2.45, 2.75) is 4.90 Å². The van der Waals surface area contributed by atoms with E-state index in [0.29, 0.717) is 13.1 Å². The summed E-state index contributed by atoms with van der Waals surface area (Å²) >= 11 is 0. The number of hydrogen-bond donors (Lipinski definition) is 1. The number of fused-ring (bicyclic) bond motifs is 1. The first-order valence-electron chi connectivity index (χ1n) is 10.2. The molecule has 1 N–H and O–H groups in total. The molecule has 3 aromatic carbocycles. The predicted octanol–water partition coefficient (Wildman–Crippen LogP) is 2.41. The summed E-state index contributed by atoms with van der Waals surface area (Å²) in [6, 6.07) is 18.3. The molecule has 0 aromatic heterocycles. The lowest BCUT2D eigenvalue weighted by Crippen LogP contribution is -2.50. The average molecular weight is 478 g/mol.